The number of carbonyl (C=O) groups excluding carboxylic acids is 2. The number of nitrogens with zero attached hydrogens (tertiary/aromatic N) is 4. The van der Waals surface area contributed by atoms with Crippen LogP contribution in [0, 0.1) is 12.8 Å². The average Bonchev–Trinajstić information content (AvgIpc) is 3.27. The van der Waals surface area contributed by atoms with E-state index in [2.05, 4.69) is 25.5 Å². The van der Waals surface area contributed by atoms with E-state index < -0.39 is 15.8 Å². The predicted molar refractivity (Wildman–Crippen MR) is 151 cm³/mol. The van der Waals surface area contributed by atoms with Crippen molar-refractivity contribution in [3.05, 3.63) is 46.5 Å². The Morgan fingerprint density at radius 1 is 1.13 bits per heavy atom. The van der Waals surface area contributed by atoms with E-state index in [1.807, 2.05) is 6.07 Å². The zero-order chi connectivity index (χ0) is 28.2. The van der Waals surface area contributed by atoms with E-state index in [0.717, 1.165) is 18.4 Å². The SMILES string of the molecule is CCOC(=O)c1sc(Nc2nc(NCc3ccc(S(C)(=O)=O)cc3)cc(N3CCC(C(C)=O)CC3)n2)nc1C. The van der Waals surface area contributed by atoms with Gasteiger partial charge in [-0.15, -0.1) is 0 Å². The fourth-order valence-corrected chi connectivity index (χ4v) is 5.72. The summed E-state index contributed by atoms with van der Waals surface area (Å²) in [6, 6.07) is 8.52. The van der Waals surface area contributed by atoms with E-state index >= 15 is 0 Å². The van der Waals surface area contributed by atoms with Crippen LogP contribution >= 0.6 is 11.3 Å². The summed E-state index contributed by atoms with van der Waals surface area (Å²) in [7, 11) is -3.27. The van der Waals surface area contributed by atoms with Crippen LogP contribution in [0.2, 0.25) is 0 Å². The first-order valence-corrected chi connectivity index (χ1v) is 15.3. The Hall–Kier alpha value is -3.58. The number of nitrogens with one attached hydrogen (secondary N) is 2. The molecule has 1 fully saturated rings. The number of ketones is 1. The number of sulfone groups is 1. The lowest BCUT2D eigenvalue weighted by atomic mass is 9.93. The zero-order valence-electron chi connectivity index (χ0n) is 22.4. The normalized spacial score (nSPS) is 14.2. The molecule has 2 N–H and O–H groups in total. The van der Waals surface area contributed by atoms with E-state index in [-0.39, 0.29) is 23.2 Å². The standard InChI is InChI=1S/C26H32N6O5S2/c1-5-37-24(34)23-16(2)28-26(38-23)31-25-29-21(27-15-18-6-8-20(9-7-18)39(4,35)36)14-22(30-25)32-12-10-19(11-13-32)17(3)33/h6-9,14,19H,5,10-13,15H2,1-4H3,(H2,27,28,29,30,31). The minimum atomic E-state index is -3.27. The minimum absolute atomic E-state index is 0.0628. The number of ether oxygens (including phenoxy) is 1. The van der Waals surface area contributed by atoms with Gasteiger partial charge in [0.05, 0.1) is 17.2 Å². The summed E-state index contributed by atoms with van der Waals surface area (Å²) in [5.74, 6) is 1.41. The minimum Gasteiger partial charge on any atom is -0.462 e. The highest BCUT2D eigenvalue weighted by Crippen LogP contribution is 2.29. The Bertz CT molecular complexity index is 1450. The third-order valence-electron chi connectivity index (χ3n) is 6.41. The molecule has 208 valence electrons. The summed E-state index contributed by atoms with van der Waals surface area (Å²) < 4.78 is 28.6. The van der Waals surface area contributed by atoms with Gasteiger partial charge in [0.15, 0.2) is 15.0 Å². The van der Waals surface area contributed by atoms with Crippen LogP contribution in [0.4, 0.5) is 22.7 Å². The highest BCUT2D eigenvalue weighted by molar-refractivity contribution is 7.90. The van der Waals surface area contributed by atoms with Crippen LogP contribution in [0.3, 0.4) is 0 Å². The number of aromatic nitrogens is 3. The summed E-state index contributed by atoms with van der Waals surface area (Å²) in [6.07, 6.45) is 2.69. The molecule has 0 radical (unpaired) electrons. The molecule has 0 spiro atoms. The van der Waals surface area contributed by atoms with E-state index in [1.54, 1.807) is 45.0 Å². The molecule has 11 nitrogen and oxygen atoms in total. The quantitative estimate of drug-likeness (QED) is 0.340. The first kappa shape index (κ1) is 28.4. The first-order valence-electron chi connectivity index (χ1n) is 12.6. The molecule has 0 bridgehead atoms. The lowest BCUT2D eigenvalue weighted by molar-refractivity contribution is -0.121. The molecule has 13 heteroatoms. The molecule has 0 atom stereocenters. The molecule has 0 saturated carbocycles. The fraction of sp³-hybridized carbons (Fsp3) is 0.423. The Morgan fingerprint density at radius 3 is 2.44 bits per heavy atom. The number of hydrogen-bond acceptors (Lipinski definition) is 12. The predicted octanol–water partition coefficient (Wildman–Crippen LogP) is 3.98. The van der Waals surface area contributed by atoms with Crippen LogP contribution in [-0.4, -0.2) is 61.1 Å². The molecular weight excluding hydrogens is 540 g/mol. The Balaban J connectivity index is 1.57. The van der Waals surface area contributed by atoms with Crippen molar-refractivity contribution in [3.8, 4) is 0 Å². The molecule has 0 amide bonds. The lowest BCUT2D eigenvalue weighted by Gasteiger charge is -2.32. The number of aryl methyl sites for hydroxylation is 1. The van der Waals surface area contributed by atoms with Gasteiger partial charge in [0, 0.05) is 37.9 Å². The van der Waals surface area contributed by atoms with E-state index in [4.69, 9.17) is 9.72 Å². The summed E-state index contributed by atoms with van der Waals surface area (Å²) in [5.41, 5.74) is 1.44. The average molecular weight is 573 g/mol. The van der Waals surface area contributed by atoms with Crippen molar-refractivity contribution in [3.63, 3.8) is 0 Å². The fourth-order valence-electron chi connectivity index (χ4n) is 4.24. The Morgan fingerprint density at radius 2 is 1.82 bits per heavy atom. The van der Waals surface area contributed by atoms with Crippen molar-refractivity contribution >= 4 is 55.6 Å². The van der Waals surface area contributed by atoms with Gasteiger partial charge in [0.1, 0.15) is 22.3 Å². The molecule has 0 unspecified atom stereocenters. The van der Waals surface area contributed by atoms with E-state index in [0.29, 0.717) is 52.9 Å². The summed E-state index contributed by atoms with van der Waals surface area (Å²) in [6.45, 7) is 7.20. The largest absolute Gasteiger partial charge is 0.462 e. The summed E-state index contributed by atoms with van der Waals surface area (Å²) in [5, 5.41) is 6.88. The second kappa shape index (κ2) is 12.1. The van der Waals surface area contributed by atoms with Crippen molar-refractivity contribution in [2.24, 2.45) is 5.92 Å². The molecule has 1 aromatic carbocycles. The third kappa shape index (κ3) is 7.30. The number of esters is 1. The monoisotopic (exact) mass is 572 g/mol. The summed E-state index contributed by atoms with van der Waals surface area (Å²) in [4.78, 5) is 40.6. The van der Waals surface area contributed by atoms with Crippen LogP contribution < -0.4 is 15.5 Å². The Kier molecular flexibility index (Phi) is 8.80. The van der Waals surface area contributed by atoms with Crippen molar-refractivity contribution in [2.75, 3.05) is 41.5 Å². The van der Waals surface area contributed by atoms with Crippen molar-refractivity contribution in [1.29, 1.82) is 0 Å². The number of Topliss-reactive ketones (excluding diaryl/α,β-unsaturated/α-hetero) is 1. The highest BCUT2D eigenvalue weighted by atomic mass is 32.2. The molecule has 3 heterocycles. The number of rotatable bonds is 10. The maximum atomic E-state index is 12.2. The number of piperidine rings is 1. The molecule has 1 aliphatic rings. The third-order valence-corrected chi connectivity index (χ3v) is 8.59. The second-order valence-corrected chi connectivity index (χ2v) is 12.4. The van der Waals surface area contributed by atoms with Crippen molar-refractivity contribution in [2.45, 2.75) is 45.1 Å². The molecule has 39 heavy (non-hydrogen) atoms. The van der Waals surface area contributed by atoms with Crippen LogP contribution in [-0.2, 0) is 25.9 Å². The van der Waals surface area contributed by atoms with Crippen LogP contribution in [0.25, 0.3) is 0 Å². The van der Waals surface area contributed by atoms with Gasteiger partial charge in [-0.3, -0.25) is 10.1 Å². The number of hydrogen-bond donors (Lipinski definition) is 2. The van der Waals surface area contributed by atoms with Gasteiger partial charge in [0.25, 0.3) is 0 Å². The first-order chi connectivity index (χ1) is 18.5. The van der Waals surface area contributed by atoms with Gasteiger partial charge in [-0.05, 0) is 51.3 Å². The molecular formula is C26H32N6O5S2. The maximum Gasteiger partial charge on any atom is 0.350 e. The van der Waals surface area contributed by atoms with Crippen LogP contribution in [0.5, 0.6) is 0 Å². The second-order valence-electron chi connectivity index (χ2n) is 9.36. The number of carbonyl (C=O) groups is 2. The van der Waals surface area contributed by atoms with Gasteiger partial charge in [-0.25, -0.2) is 18.2 Å². The van der Waals surface area contributed by atoms with Gasteiger partial charge >= 0.3 is 5.97 Å². The van der Waals surface area contributed by atoms with Crippen LogP contribution in [0.1, 0.15) is 47.6 Å². The number of benzene rings is 1. The van der Waals surface area contributed by atoms with Gasteiger partial charge in [-0.1, -0.05) is 23.5 Å². The van der Waals surface area contributed by atoms with E-state index in [1.165, 1.54) is 17.6 Å². The lowest BCUT2D eigenvalue weighted by Crippen LogP contribution is -2.36. The molecule has 1 aliphatic heterocycles. The molecule has 4 rings (SSSR count). The van der Waals surface area contributed by atoms with Gasteiger partial charge in [-0.2, -0.15) is 9.97 Å². The van der Waals surface area contributed by atoms with Gasteiger partial charge in [0.2, 0.25) is 5.95 Å². The van der Waals surface area contributed by atoms with Crippen LogP contribution in [0.15, 0.2) is 35.2 Å². The highest BCUT2D eigenvalue weighted by Gasteiger charge is 2.24. The van der Waals surface area contributed by atoms with E-state index in [9.17, 15) is 18.0 Å². The number of anilines is 4. The van der Waals surface area contributed by atoms with Gasteiger partial charge < -0.3 is 15.0 Å². The molecule has 2 aromatic heterocycles. The molecule has 3 aromatic rings. The summed E-state index contributed by atoms with van der Waals surface area (Å²) >= 11 is 1.17. The topological polar surface area (TPSA) is 143 Å². The Labute approximate surface area is 232 Å². The molecule has 1 saturated heterocycles. The molecule has 0 aliphatic carbocycles. The maximum absolute atomic E-state index is 12.2. The van der Waals surface area contributed by atoms with Crippen molar-refractivity contribution in [1.82, 2.24) is 15.0 Å². The zero-order valence-corrected chi connectivity index (χ0v) is 24.0. The van der Waals surface area contributed by atoms with Crippen molar-refractivity contribution < 1.29 is 22.7 Å². The smallest absolute Gasteiger partial charge is 0.350 e. The number of thiazole rings is 1.